The average Bonchev–Trinajstić information content (AvgIpc) is 2.38. The van der Waals surface area contributed by atoms with Crippen LogP contribution in [0.15, 0.2) is 0 Å². The van der Waals surface area contributed by atoms with E-state index in [9.17, 15) is 26.3 Å². The second-order valence-electron chi connectivity index (χ2n) is 2.74. The Kier molecular flexibility index (Phi) is 29.6. The minimum atomic E-state index is -5.84. The molecule has 28 heavy (non-hydrogen) atoms. The summed E-state index contributed by atoms with van der Waals surface area (Å²) in [5.41, 5.74) is -11.1. The molecule has 0 aliphatic heterocycles. The van der Waals surface area contributed by atoms with Crippen molar-refractivity contribution < 1.29 is 52.3 Å². The van der Waals surface area contributed by atoms with Gasteiger partial charge in [0.2, 0.25) is 0 Å². The SMILES string of the molecule is CC#N.CC#N.CC#N.CC#N.O=S(=O)(O)C(F)(F)F.O=S(=O)(O)C(F)(F)F. The molecule has 0 rings (SSSR count). The lowest BCUT2D eigenvalue weighted by Crippen LogP contribution is -2.21. The molecule has 0 spiro atoms. The van der Waals surface area contributed by atoms with Crippen molar-refractivity contribution in [1.29, 1.82) is 21.0 Å². The molecule has 18 heteroatoms. The zero-order chi connectivity index (χ0) is 24.8. The molecule has 0 amide bonds. The van der Waals surface area contributed by atoms with Gasteiger partial charge in [0.1, 0.15) is 0 Å². The van der Waals surface area contributed by atoms with Gasteiger partial charge in [-0.2, -0.15) is 64.2 Å². The number of nitrogens with zero attached hydrogens (tertiary/aromatic N) is 4. The average molecular weight is 464 g/mol. The molecular weight excluding hydrogens is 450 g/mol. The van der Waals surface area contributed by atoms with Crippen LogP contribution < -0.4 is 0 Å². The lowest BCUT2D eigenvalue weighted by molar-refractivity contribution is -0.0514. The quantitative estimate of drug-likeness (QED) is 0.304. The van der Waals surface area contributed by atoms with E-state index in [0.717, 1.165) is 0 Å². The van der Waals surface area contributed by atoms with E-state index in [1.54, 1.807) is 24.3 Å². The normalized spacial score (nSPS) is 9.14. The minimum absolute atomic E-state index is 1.43. The Balaban J connectivity index is -0.0000000561. The third-order valence-electron chi connectivity index (χ3n) is 0.585. The number of halogens is 6. The van der Waals surface area contributed by atoms with Crippen LogP contribution in [0.1, 0.15) is 27.7 Å². The Labute approximate surface area is 157 Å². The summed E-state index contributed by atoms with van der Waals surface area (Å²) in [4.78, 5) is 0. The molecule has 0 aliphatic rings. The smallest absolute Gasteiger partial charge is 0.279 e. The van der Waals surface area contributed by atoms with Gasteiger partial charge in [0.25, 0.3) is 0 Å². The predicted molar refractivity (Wildman–Crippen MR) is 80.4 cm³/mol. The Morgan fingerprint density at radius 3 is 0.607 bits per heavy atom. The second kappa shape index (κ2) is 20.7. The number of hydrogen-bond acceptors (Lipinski definition) is 8. The fourth-order valence-electron chi connectivity index (χ4n) is 0. The molecule has 0 atom stereocenters. The zero-order valence-corrected chi connectivity index (χ0v) is 16.0. The molecule has 0 unspecified atom stereocenters. The van der Waals surface area contributed by atoms with E-state index in [-0.39, 0.29) is 0 Å². The summed E-state index contributed by atoms with van der Waals surface area (Å²) in [6.45, 7) is 5.72. The van der Waals surface area contributed by atoms with Crippen LogP contribution in [0.2, 0.25) is 0 Å². The zero-order valence-electron chi connectivity index (χ0n) is 14.4. The molecule has 0 radical (unpaired) electrons. The third kappa shape index (κ3) is 49.5. The van der Waals surface area contributed by atoms with E-state index in [1.807, 2.05) is 0 Å². The predicted octanol–water partition coefficient (Wildman–Crippen LogP) is 2.91. The summed E-state index contributed by atoms with van der Waals surface area (Å²) in [7, 11) is -11.7. The first-order valence-corrected chi connectivity index (χ1v) is 8.35. The van der Waals surface area contributed by atoms with Gasteiger partial charge in [0, 0.05) is 27.7 Å². The fourth-order valence-corrected chi connectivity index (χ4v) is 0. The molecule has 0 aromatic carbocycles. The van der Waals surface area contributed by atoms with Crippen LogP contribution in [0.3, 0.4) is 0 Å². The van der Waals surface area contributed by atoms with Crippen molar-refractivity contribution in [1.82, 2.24) is 0 Å². The van der Waals surface area contributed by atoms with Crippen molar-refractivity contribution in [3.8, 4) is 24.3 Å². The number of rotatable bonds is 0. The molecular formula is C10H14F6N4O6S2. The number of hydrogen-bond donors (Lipinski definition) is 2. The van der Waals surface area contributed by atoms with E-state index in [1.165, 1.54) is 27.7 Å². The van der Waals surface area contributed by atoms with E-state index in [2.05, 4.69) is 0 Å². The van der Waals surface area contributed by atoms with E-state index in [4.69, 9.17) is 47.0 Å². The minimum Gasteiger partial charge on any atom is -0.279 e. The van der Waals surface area contributed by atoms with Gasteiger partial charge in [0.05, 0.1) is 24.3 Å². The van der Waals surface area contributed by atoms with Crippen LogP contribution in [0.4, 0.5) is 26.3 Å². The van der Waals surface area contributed by atoms with E-state index in [0.29, 0.717) is 0 Å². The van der Waals surface area contributed by atoms with Crippen LogP contribution in [0.25, 0.3) is 0 Å². The van der Waals surface area contributed by atoms with Crippen molar-refractivity contribution in [2.45, 2.75) is 38.7 Å². The van der Waals surface area contributed by atoms with Gasteiger partial charge in [-0.15, -0.1) is 0 Å². The molecule has 2 N–H and O–H groups in total. The van der Waals surface area contributed by atoms with Gasteiger partial charge in [0.15, 0.2) is 0 Å². The second-order valence-corrected chi connectivity index (χ2v) is 5.56. The van der Waals surface area contributed by atoms with Crippen molar-refractivity contribution in [2.24, 2.45) is 0 Å². The Morgan fingerprint density at radius 1 is 0.571 bits per heavy atom. The Hall–Kier alpha value is -2.64. The molecule has 0 fully saturated rings. The van der Waals surface area contributed by atoms with Gasteiger partial charge in [-0.05, 0) is 0 Å². The van der Waals surface area contributed by atoms with Crippen LogP contribution >= 0.6 is 0 Å². The van der Waals surface area contributed by atoms with E-state index >= 15 is 0 Å². The monoisotopic (exact) mass is 464 g/mol. The largest absolute Gasteiger partial charge is 0.522 e. The van der Waals surface area contributed by atoms with Crippen molar-refractivity contribution >= 4 is 20.2 Å². The Morgan fingerprint density at radius 2 is 0.607 bits per heavy atom. The third-order valence-corrected chi connectivity index (χ3v) is 1.75. The number of alkyl halides is 6. The molecule has 10 nitrogen and oxygen atoms in total. The van der Waals surface area contributed by atoms with Crippen LogP contribution in [0, 0.1) is 45.3 Å². The van der Waals surface area contributed by atoms with Crippen LogP contribution in [0.5, 0.6) is 0 Å². The topological polar surface area (TPSA) is 204 Å². The van der Waals surface area contributed by atoms with Gasteiger partial charge in [-0.1, -0.05) is 0 Å². The van der Waals surface area contributed by atoms with Crippen molar-refractivity contribution in [2.75, 3.05) is 0 Å². The molecule has 0 aliphatic carbocycles. The van der Waals surface area contributed by atoms with Gasteiger partial charge < -0.3 is 0 Å². The van der Waals surface area contributed by atoms with Crippen LogP contribution in [-0.2, 0) is 20.2 Å². The Bertz CT molecular complexity index is 659. The molecule has 0 bridgehead atoms. The van der Waals surface area contributed by atoms with Crippen molar-refractivity contribution in [3.05, 3.63) is 0 Å². The standard InChI is InChI=1S/4C2H3N.2CHF3O3S/c4*1-2-3;2*2-1(3,4)8(5,6)7/h4*1H3;2*(H,5,6,7). The first-order valence-electron chi connectivity index (χ1n) is 5.47. The molecule has 0 heterocycles. The van der Waals surface area contributed by atoms with Gasteiger partial charge in [-0.3, -0.25) is 9.11 Å². The number of nitriles is 4. The summed E-state index contributed by atoms with van der Waals surface area (Å²) in [6, 6.07) is 7.00. The first kappa shape index (κ1) is 40.2. The van der Waals surface area contributed by atoms with Crippen molar-refractivity contribution in [3.63, 3.8) is 0 Å². The lowest BCUT2D eigenvalue weighted by Gasteiger charge is -1.97. The maximum absolute atomic E-state index is 10.7. The summed E-state index contributed by atoms with van der Waals surface area (Å²) >= 11 is 0. The summed E-state index contributed by atoms with van der Waals surface area (Å²) in [6.07, 6.45) is 0. The summed E-state index contributed by atoms with van der Waals surface area (Å²) in [5, 5.41) is 29.3. The maximum atomic E-state index is 10.7. The van der Waals surface area contributed by atoms with E-state index < -0.39 is 31.3 Å². The fraction of sp³-hybridized carbons (Fsp3) is 0.600. The first-order chi connectivity index (χ1) is 12.2. The highest BCUT2D eigenvalue weighted by Gasteiger charge is 2.45. The van der Waals surface area contributed by atoms with Gasteiger partial charge >= 0.3 is 31.3 Å². The molecule has 0 aromatic heterocycles. The highest BCUT2D eigenvalue weighted by atomic mass is 32.2. The van der Waals surface area contributed by atoms with Gasteiger partial charge in [-0.25, -0.2) is 0 Å². The highest BCUT2D eigenvalue weighted by molar-refractivity contribution is 7.86. The molecule has 164 valence electrons. The molecule has 0 aromatic rings. The maximum Gasteiger partial charge on any atom is 0.522 e. The molecule has 0 saturated heterocycles. The summed E-state index contributed by atoms with van der Waals surface area (Å²) < 4.78 is 115. The highest BCUT2D eigenvalue weighted by Crippen LogP contribution is 2.21. The van der Waals surface area contributed by atoms with Crippen LogP contribution in [-0.4, -0.2) is 37.0 Å². The molecule has 0 saturated carbocycles. The summed E-state index contributed by atoms with van der Waals surface area (Å²) in [5.74, 6) is 0. The lowest BCUT2D eigenvalue weighted by atomic mass is 11.0.